The number of nitro groups is 1. The summed E-state index contributed by atoms with van der Waals surface area (Å²) in [6, 6.07) is 21.2. The van der Waals surface area contributed by atoms with Gasteiger partial charge < -0.3 is 9.80 Å². The molecule has 13 heteroatoms. The van der Waals surface area contributed by atoms with Gasteiger partial charge in [-0.25, -0.2) is 18.1 Å². The number of nitro benzene ring substituents is 1. The zero-order valence-electron chi connectivity index (χ0n) is 21.4. The van der Waals surface area contributed by atoms with E-state index in [1.54, 1.807) is 41.0 Å². The standard InChI is InChI=1S/C27H25ClN6O5S/c1-40(38,39)30-27(35)25-26(33(18-29-25)22-7-5-20(28)6-8-22)19-3-2-4-24(17-19)32-15-13-31(14-16-32)21-9-11-23(12-10-21)34(36)37/h2-12,17-18H,13-16H2,1H3,(H,30,35). The molecule has 3 aromatic carbocycles. The van der Waals surface area contributed by atoms with Crippen LogP contribution in [0.3, 0.4) is 0 Å². The number of rotatable bonds is 7. The van der Waals surface area contributed by atoms with E-state index >= 15 is 0 Å². The zero-order valence-corrected chi connectivity index (χ0v) is 23.0. The van der Waals surface area contributed by atoms with E-state index in [2.05, 4.69) is 14.8 Å². The number of carbonyl (C=O) groups is 1. The SMILES string of the molecule is CS(=O)(=O)NC(=O)c1ncn(-c2ccc(Cl)cc2)c1-c1cccc(N2CCN(c3ccc([N+](=O)[O-])cc3)CC2)c1. The van der Waals surface area contributed by atoms with Crippen molar-refractivity contribution < 1.29 is 18.1 Å². The van der Waals surface area contributed by atoms with E-state index in [9.17, 15) is 23.3 Å². The van der Waals surface area contributed by atoms with Crippen LogP contribution in [0.25, 0.3) is 16.9 Å². The summed E-state index contributed by atoms with van der Waals surface area (Å²) in [6.07, 6.45) is 2.39. The Morgan fingerprint density at radius 3 is 2.12 bits per heavy atom. The molecular weight excluding hydrogens is 556 g/mol. The smallest absolute Gasteiger partial charge is 0.285 e. The summed E-state index contributed by atoms with van der Waals surface area (Å²) in [5.74, 6) is -0.827. The third-order valence-corrected chi connectivity index (χ3v) is 7.36. The third-order valence-electron chi connectivity index (χ3n) is 6.56. The number of halogens is 1. The van der Waals surface area contributed by atoms with E-state index in [1.807, 2.05) is 29.0 Å². The lowest BCUT2D eigenvalue weighted by molar-refractivity contribution is -0.384. The number of hydrogen-bond donors (Lipinski definition) is 1. The molecule has 0 bridgehead atoms. The van der Waals surface area contributed by atoms with E-state index in [4.69, 9.17) is 11.6 Å². The van der Waals surface area contributed by atoms with Crippen molar-refractivity contribution in [3.05, 3.63) is 100.0 Å². The quantitative estimate of drug-likeness (QED) is 0.255. The number of sulfonamides is 1. The minimum atomic E-state index is -3.80. The molecule has 1 saturated heterocycles. The molecule has 1 aliphatic rings. The van der Waals surface area contributed by atoms with Crippen LogP contribution in [-0.4, -0.2) is 61.2 Å². The van der Waals surface area contributed by atoms with E-state index in [0.717, 1.165) is 17.6 Å². The molecule has 0 aliphatic carbocycles. The van der Waals surface area contributed by atoms with Gasteiger partial charge in [0.05, 0.1) is 16.9 Å². The summed E-state index contributed by atoms with van der Waals surface area (Å²) >= 11 is 6.07. The number of hydrogen-bond acceptors (Lipinski definition) is 8. The summed E-state index contributed by atoms with van der Waals surface area (Å²) < 4.78 is 27.3. The molecule has 0 radical (unpaired) electrons. The Balaban J connectivity index is 1.43. The van der Waals surface area contributed by atoms with Gasteiger partial charge >= 0.3 is 0 Å². The molecule has 1 fully saturated rings. The Morgan fingerprint density at radius 1 is 0.925 bits per heavy atom. The van der Waals surface area contributed by atoms with Crippen molar-refractivity contribution in [1.82, 2.24) is 14.3 Å². The summed E-state index contributed by atoms with van der Waals surface area (Å²) in [5, 5.41) is 11.5. The Morgan fingerprint density at radius 2 is 1.52 bits per heavy atom. The molecule has 4 aromatic rings. The van der Waals surface area contributed by atoms with Crippen LogP contribution < -0.4 is 14.5 Å². The molecule has 11 nitrogen and oxygen atoms in total. The fourth-order valence-corrected chi connectivity index (χ4v) is 5.22. The van der Waals surface area contributed by atoms with Crippen molar-refractivity contribution in [1.29, 1.82) is 0 Å². The highest BCUT2D eigenvalue weighted by molar-refractivity contribution is 7.89. The van der Waals surface area contributed by atoms with Crippen LogP contribution in [0, 0.1) is 10.1 Å². The van der Waals surface area contributed by atoms with Gasteiger partial charge in [0.15, 0.2) is 5.69 Å². The molecule has 0 saturated carbocycles. The number of aromatic nitrogens is 2. The summed E-state index contributed by atoms with van der Waals surface area (Å²) in [5.41, 5.74) is 3.71. The first-order chi connectivity index (χ1) is 19.1. The van der Waals surface area contributed by atoms with Crippen LogP contribution in [0.2, 0.25) is 5.02 Å². The molecule has 0 unspecified atom stereocenters. The second kappa shape index (κ2) is 11.0. The fourth-order valence-electron chi connectivity index (χ4n) is 4.66. The summed E-state index contributed by atoms with van der Waals surface area (Å²) in [6.45, 7) is 2.84. The van der Waals surface area contributed by atoms with Crippen LogP contribution >= 0.6 is 11.6 Å². The normalized spacial score (nSPS) is 13.8. The molecule has 0 atom stereocenters. The second-order valence-corrected chi connectivity index (χ2v) is 11.5. The molecule has 1 aliphatic heterocycles. The average molecular weight is 581 g/mol. The minimum absolute atomic E-state index is 0.0273. The second-order valence-electron chi connectivity index (χ2n) is 9.29. The maximum Gasteiger partial charge on any atom is 0.285 e. The molecule has 1 N–H and O–H groups in total. The fraction of sp³-hybridized carbons (Fsp3) is 0.185. The number of benzene rings is 3. The van der Waals surface area contributed by atoms with Gasteiger partial charge in [-0.05, 0) is 48.5 Å². The van der Waals surface area contributed by atoms with E-state index in [-0.39, 0.29) is 11.4 Å². The number of anilines is 2. The van der Waals surface area contributed by atoms with Crippen molar-refractivity contribution in [2.45, 2.75) is 0 Å². The molecule has 0 spiro atoms. The first-order valence-corrected chi connectivity index (χ1v) is 14.6. The third kappa shape index (κ3) is 5.92. The molecule has 5 rings (SSSR count). The lowest BCUT2D eigenvalue weighted by atomic mass is 10.1. The Hall–Kier alpha value is -4.42. The van der Waals surface area contributed by atoms with E-state index in [0.29, 0.717) is 48.1 Å². The van der Waals surface area contributed by atoms with Gasteiger partial charge in [-0.2, -0.15) is 0 Å². The number of piperazine rings is 1. The lowest BCUT2D eigenvalue weighted by Gasteiger charge is -2.37. The van der Waals surface area contributed by atoms with Crippen LogP contribution in [0.15, 0.2) is 79.1 Å². The Kier molecular flexibility index (Phi) is 7.46. The minimum Gasteiger partial charge on any atom is -0.368 e. The lowest BCUT2D eigenvalue weighted by Crippen LogP contribution is -2.46. The molecule has 40 heavy (non-hydrogen) atoms. The predicted octanol–water partition coefficient (Wildman–Crippen LogP) is 4.12. The maximum atomic E-state index is 12.9. The van der Waals surface area contributed by atoms with Gasteiger partial charge in [0, 0.05) is 66.0 Å². The molecule has 1 amide bonds. The van der Waals surface area contributed by atoms with Gasteiger partial charge in [-0.15, -0.1) is 0 Å². The van der Waals surface area contributed by atoms with Gasteiger partial charge in [0.1, 0.15) is 6.33 Å². The number of nitrogens with one attached hydrogen (secondary N) is 1. The molecule has 206 valence electrons. The number of imidazole rings is 1. The molecule has 2 heterocycles. The average Bonchev–Trinajstić information content (AvgIpc) is 3.38. The maximum absolute atomic E-state index is 12.9. The van der Waals surface area contributed by atoms with Crippen LogP contribution in [-0.2, 0) is 10.0 Å². The highest BCUT2D eigenvalue weighted by Crippen LogP contribution is 2.31. The van der Waals surface area contributed by atoms with E-state index < -0.39 is 20.9 Å². The van der Waals surface area contributed by atoms with Crippen molar-refractivity contribution in [3.63, 3.8) is 0 Å². The first kappa shape index (κ1) is 27.2. The molecular formula is C27H25ClN6O5S. The first-order valence-electron chi connectivity index (χ1n) is 12.3. The van der Waals surface area contributed by atoms with Crippen molar-refractivity contribution in [2.24, 2.45) is 0 Å². The monoisotopic (exact) mass is 580 g/mol. The Labute approximate surface area is 235 Å². The van der Waals surface area contributed by atoms with Crippen LogP contribution in [0.4, 0.5) is 17.1 Å². The van der Waals surface area contributed by atoms with Crippen molar-refractivity contribution in [2.75, 3.05) is 42.2 Å². The van der Waals surface area contributed by atoms with Crippen molar-refractivity contribution in [3.8, 4) is 16.9 Å². The number of non-ortho nitro benzene ring substituents is 1. The van der Waals surface area contributed by atoms with Crippen LogP contribution in [0.5, 0.6) is 0 Å². The number of amides is 1. The topological polar surface area (TPSA) is 131 Å². The highest BCUT2D eigenvalue weighted by Gasteiger charge is 2.24. The summed E-state index contributed by atoms with van der Waals surface area (Å²) in [7, 11) is -3.80. The molecule has 1 aromatic heterocycles. The largest absolute Gasteiger partial charge is 0.368 e. The highest BCUT2D eigenvalue weighted by atomic mass is 35.5. The van der Waals surface area contributed by atoms with Gasteiger partial charge in [-0.1, -0.05) is 23.7 Å². The number of nitrogens with zero attached hydrogens (tertiary/aromatic N) is 5. The van der Waals surface area contributed by atoms with Crippen LogP contribution in [0.1, 0.15) is 10.5 Å². The number of carbonyl (C=O) groups excluding carboxylic acids is 1. The van der Waals surface area contributed by atoms with Gasteiger partial charge in [0.25, 0.3) is 11.6 Å². The predicted molar refractivity (Wildman–Crippen MR) is 154 cm³/mol. The Bertz CT molecular complexity index is 1660. The zero-order chi connectivity index (χ0) is 28.4. The van der Waals surface area contributed by atoms with Crippen molar-refractivity contribution >= 4 is 44.6 Å². The van der Waals surface area contributed by atoms with E-state index in [1.165, 1.54) is 18.5 Å². The van der Waals surface area contributed by atoms with Gasteiger partial charge in [-0.3, -0.25) is 19.5 Å². The van der Waals surface area contributed by atoms with Gasteiger partial charge in [0.2, 0.25) is 10.0 Å². The summed E-state index contributed by atoms with van der Waals surface area (Å²) in [4.78, 5) is 32.1.